The molecule has 1 fully saturated rings. The van der Waals surface area contributed by atoms with Crippen LogP contribution < -0.4 is 0 Å². The fourth-order valence-electron chi connectivity index (χ4n) is 3.35. The largest absolute Gasteiger partial charge is 0.469 e. The summed E-state index contributed by atoms with van der Waals surface area (Å²) < 4.78 is 4.69. The molecular formula is C20H27NO4. The molecule has 0 bridgehead atoms. The predicted molar refractivity (Wildman–Crippen MR) is 95.2 cm³/mol. The molecule has 0 unspecified atom stereocenters. The van der Waals surface area contributed by atoms with Crippen molar-refractivity contribution in [3.63, 3.8) is 0 Å². The maximum Gasteiger partial charge on any atom is 0.307 e. The summed E-state index contributed by atoms with van der Waals surface area (Å²) in [4.78, 5) is 38.2. The van der Waals surface area contributed by atoms with Crippen LogP contribution >= 0.6 is 0 Å². The number of esters is 1. The van der Waals surface area contributed by atoms with E-state index in [1.165, 1.54) is 13.5 Å². The van der Waals surface area contributed by atoms with E-state index in [1.54, 1.807) is 17.0 Å². The van der Waals surface area contributed by atoms with Crippen molar-refractivity contribution in [3.8, 4) is 0 Å². The van der Waals surface area contributed by atoms with E-state index in [9.17, 15) is 14.4 Å². The molecule has 0 atom stereocenters. The highest BCUT2D eigenvalue weighted by atomic mass is 16.5. The van der Waals surface area contributed by atoms with Gasteiger partial charge in [-0.25, -0.2) is 0 Å². The summed E-state index contributed by atoms with van der Waals surface area (Å²) in [6, 6.07) is 9.21. The molecule has 0 spiro atoms. The van der Waals surface area contributed by atoms with Crippen LogP contribution in [0.1, 0.15) is 61.7 Å². The first-order chi connectivity index (χ1) is 12.1. The van der Waals surface area contributed by atoms with Gasteiger partial charge in [-0.1, -0.05) is 49.6 Å². The van der Waals surface area contributed by atoms with Crippen molar-refractivity contribution in [3.05, 3.63) is 35.9 Å². The molecule has 25 heavy (non-hydrogen) atoms. The Hall–Kier alpha value is -2.17. The van der Waals surface area contributed by atoms with Crippen molar-refractivity contribution in [1.29, 1.82) is 0 Å². The maximum absolute atomic E-state index is 12.7. The molecule has 0 saturated heterocycles. The van der Waals surface area contributed by atoms with Crippen LogP contribution in [0.25, 0.3) is 0 Å². The van der Waals surface area contributed by atoms with Crippen molar-refractivity contribution >= 4 is 17.7 Å². The summed E-state index contributed by atoms with van der Waals surface area (Å²) in [5, 5.41) is 0. The molecule has 0 aromatic heterocycles. The van der Waals surface area contributed by atoms with E-state index in [1.807, 2.05) is 18.2 Å². The van der Waals surface area contributed by atoms with Gasteiger partial charge in [0.2, 0.25) is 5.91 Å². The Morgan fingerprint density at radius 3 is 2.32 bits per heavy atom. The number of amides is 1. The highest BCUT2D eigenvalue weighted by molar-refractivity contribution is 5.97. The molecule has 0 N–H and O–H groups in total. The quantitative estimate of drug-likeness (QED) is 0.535. The monoisotopic (exact) mass is 345 g/mol. The number of rotatable bonds is 8. The molecule has 5 heteroatoms. The summed E-state index contributed by atoms with van der Waals surface area (Å²) in [5.74, 6) is -0.375. The van der Waals surface area contributed by atoms with Gasteiger partial charge in [0.1, 0.15) is 0 Å². The van der Waals surface area contributed by atoms with Crippen molar-refractivity contribution in [2.24, 2.45) is 0 Å². The van der Waals surface area contributed by atoms with Crippen LogP contribution in [0.2, 0.25) is 0 Å². The molecule has 1 aromatic rings. The first-order valence-corrected chi connectivity index (χ1v) is 9.06. The van der Waals surface area contributed by atoms with E-state index < -0.39 is 0 Å². The molecular weight excluding hydrogens is 318 g/mol. The third kappa shape index (κ3) is 6.00. The molecule has 1 saturated carbocycles. The average Bonchev–Trinajstić information content (AvgIpc) is 2.67. The van der Waals surface area contributed by atoms with Gasteiger partial charge in [0.15, 0.2) is 5.78 Å². The minimum Gasteiger partial charge on any atom is -0.469 e. The number of hydrogen-bond acceptors (Lipinski definition) is 4. The zero-order chi connectivity index (χ0) is 18.1. The van der Waals surface area contributed by atoms with Gasteiger partial charge >= 0.3 is 5.97 Å². The second kappa shape index (κ2) is 9.97. The van der Waals surface area contributed by atoms with Gasteiger partial charge in [-0.05, 0) is 12.8 Å². The standard InChI is InChI=1S/C20H27NO4/c1-25-20(24)14-15-21(17-10-6-3-7-11-17)19(23)13-12-18(22)16-8-4-2-5-9-16/h2,4-5,8-9,17H,3,6-7,10-15H2,1H3. The minimum absolute atomic E-state index is 0.0227. The van der Waals surface area contributed by atoms with Crippen LogP contribution in [0.3, 0.4) is 0 Å². The molecule has 1 amide bonds. The number of Topliss-reactive ketones (excluding diaryl/α,β-unsaturated/α-hetero) is 1. The SMILES string of the molecule is COC(=O)CCN(C(=O)CCC(=O)c1ccccc1)C1CCCCC1. The lowest BCUT2D eigenvalue weighted by molar-refractivity contribution is -0.142. The number of ether oxygens (including phenoxy) is 1. The molecule has 0 heterocycles. The highest BCUT2D eigenvalue weighted by Crippen LogP contribution is 2.24. The van der Waals surface area contributed by atoms with Crippen molar-refractivity contribution in [2.45, 2.75) is 57.4 Å². The zero-order valence-electron chi connectivity index (χ0n) is 14.9. The number of nitrogens with zero attached hydrogens (tertiary/aromatic N) is 1. The Morgan fingerprint density at radius 1 is 1.00 bits per heavy atom. The van der Waals surface area contributed by atoms with Gasteiger partial charge in [0, 0.05) is 31.0 Å². The van der Waals surface area contributed by atoms with Crippen LogP contribution in [0.4, 0.5) is 0 Å². The first-order valence-electron chi connectivity index (χ1n) is 9.06. The lowest BCUT2D eigenvalue weighted by Crippen LogP contribution is -2.42. The fraction of sp³-hybridized carbons (Fsp3) is 0.550. The van der Waals surface area contributed by atoms with Crippen LogP contribution in [-0.2, 0) is 14.3 Å². The Kier molecular flexibility index (Phi) is 7.64. The van der Waals surface area contributed by atoms with Gasteiger partial charge < -0.3 is 9.64 Å². The van der Waals surface area contributed by atoms with Crippen LogP contribution in [0, 0.1) is 0 Å². The summed E-state index contributed by atoms with van der Waals surface area (Å²) >= 11 is 0. The van der Waals surface area contributed by atoms with E-state index in [-0.39, 0.29) is 43.0 Å². The Morgan fingerprint density at radius 2 is 1.68 bits per heavy atom. The normalized spacial score (nSPS) is 14.8. The van der Waals surface area contributed by atoms with Crippen LogP contribution in [0.5, 0.6) is 0 Å². The summed E-state index contributed by atoms with van der Waals surface area (Å²) in [7, 11) is 1.35. The smallest absolute Gasteiger partial charge is 0.307 e. The maximum atomic E-state index is 12.7. The molecule has 0 radical (unpaired) electrons. The van der Waals surface area contributed by atoms with E-state index in [4.69, 9.17) is 4.74 Å². The highest BCUT2D eigenvalue weighted by Gasteiger charge is 2.26. The first kappa shape index (κ1) is 19.2. The second-order valence-corrected chi connectivity index (χ2v) is 6.49. The van der Waals surface area contributed by atoms with E-state index in [2.05, 4.69) is 0 Å². The molecule has 2 rings (SSSR count). The second-order valence-electron chi connectivity index (χ2n) is 6.49. The van der Waals surface area contributed by atoms with Gasteiger partial charge in [-0.2, -0.15) is 0 Å². The summed E-state index contributed by atoms with van der Waals surface area (Å²) in [6.45, 7) is 0.371. The van der Waals surface area contributed by atoms with Gasteiger partial charge in [0.25, 0.3) is 0 Å². The van der Waals surface area contributed by atoms with Gasteiger partial charge in [-0.3, -0.25) is 14.4 Å². The zero-order valence-corrected chi connectivity index (χ0v) is 14.9. The lowest BCUT2D eigenvalue weighted by atomic mass is 9.93. The number of carbonyl (C=O) groups excluding carboxylic acids is 3. The van der Waals surface area contributed by atoms with Crippen molar-refractivity contribution in [2.75, 3.05) is 13.7 Å². The Bertz CT molecular complexity index is 579. The molecule has 136 valence electrons. The number of ketones is 1. The third-order valence-corrected chi connectivity index (χ3v) is 4.78. The van der Waals surface area contributed by atoms with Gasteiger partial charge in [-0.15, -0.1) is 0 Å². The minimum atomic E-state index is -0.311. The van der Waals surface area contributed by atoms with Crippen LogP contribution in [-0.4, -0.2) is 42.3 Å². The van der Waals surface area contributed by atoms with E-state index >= 15 is 0 Å². The number of benzene rings is 1. The van der Waals surface area contributed by atoms with Gasteiger partial charge in [0.05, 0.1) is 13.5 Å². The molecule has 1 aliphatic rings. The summed E-state index contributed by atoms with van der Waals surface area (Å²) in [6.07, 6.45) is 5.94. The van der Waals surface area contributed by atoms with E-state index in [0.29, 0.717) is 12.1 Å². The van der Waals surface area contributed by atoms with Crippen molar-refractivity contribution in [1.82, 2.24) is 4.90 Å². The summed E-state index contributed by atoms with van der Waals surface area (Å²) in [5.41, 5.74) is 0.633. The fourth-order valence-corrected chi connectivity index (χ4v) is 3.35. The molecule has 1 aliphatic carbocycles. The van der Waals surface area contributed by atoms with Crippen LogP contribution in [0.15, 0.2) is 30.3 Å². The van der Waals surface area contributed by atoms with Crippen molar-refractivity contribution < 1.29 is 19.1 Å². The molecule has 1 aromatic carbocycles. The topological polar surface area (TPSA) is 63.7 Å². The molecule has 5 nitrogen and oxygen atoms in total. The average molecular weight is 345 g/mol. The lowest BCUT2D eigenvalue weighted by Gasteiger charge is -2.34. The number of methoxy groups -OCH3 is 1. The predicted octanol–water partition coefficient (Wildman–Crippen LogP) is 3.37. The molecule has 0 aliphatic heterocycles. The van der Waals surface area contributed by atoms with E-state index in [0.717, 1.165) is 25.7 Å². The number of hydrogen-bond donors (Lipinski definition) is 0. The third-order valence-electron chi connectivity index (χ3n) is 4.78. The Labute approximate surface area is 149 Å². The number of carbonyl (C=O) groups is 3. The Balaban J connectivity index is 1.93.